The van der Waals surface area contributed by atoms with Gasteiger partial charge in [0.2, 0.25) is 0 Å². The highest BCUT2D eigenvalue weighted by molar-refractivity contribution is 7.80. The molecule has 0 saturated carbocycles. The molecule has 2 aromatic carbocycles. The number of fused-ring (bicyclic) bond motifs is 1. The summed E-state index contributed by atoms with van der Waals surface area (Å²) in [4.78, 5) is 4.41. The number of nitrogens with zero attached hydrogens (tertiary/aromatic N) is 1. The Balaban J connectivity index is 1.77. The maximum Gasteiger partial charge on any atom is 0.171 e. The molecule has 0 spiro atoms. The largest absolute Gasteiger partial charge is 0.494 e. The first-order valence-electron chi connectivity index (χ1n) is 8.14. The fraction of sp³-hybridized carbons (Fsp3) is 0.200. The van der Waals surface area contributed by atoms with Gasteiger partial charge in [-0.2, -0.15) is 0 Å². The second-order valence-corrected chi connectivity index (χ2v) is 6.35. The van der Waals surface area contributed by atoms with Crippen molar-refractivity contribution in [3.8, 4) is 5.75 Å². The Morgan fingerprint density at radius 1 is 1.12 bits per heavy atom. The van der Waals surface area contributed by atoms with Crippen LogP contribution in [0.3, 0.4) is 0 Å². The first-order valence-corrected chi connectivity index (χ1v) is 8.55. The summed E-state index contributed by atoms with van der Waals surface area (Å²) in [6, 6.07) is 16.3. The fourth-order valence-corrected chi connectivity index (χ4v) is 3.00. The quantitative estimate of drug-likeness (QED) is 0.673. The van der Waals surface area contributed by atoms with Crippen LogP contribution in [0.15, 0.2) is 54.7 Å². The van der Waals surface area contributed by atoms with Crippen LogP contribution in [0.1, 0.15) is 24.1 Å². The first-order chi connectivity index (χ1) is 12.1. The van der Waals surface area contributed by atoms with Crippen LogP contribution < -0.4 is 15.4 Å². The molecular formula is C20H21N3OS. The second kappa shape index (κ2) is 7.49. The smallest absolute Gasteiger partial charge is 0.171 e. The molecule has 0 aliphatic rings. The summed E-state index contributed by atoms with van der Waals surface area (Å²) in [6.45, 7) is 4.17. The predicted molar refractivity (Wildman–Crippen MR) is 107 cm³/mol. The molecule has 25 heavy (non-hydrogen) atoms. The van der Waals surface area contributed by atoms with Gasteiger partial charge in [-0.25, -0.2) is 0 Å². The Bertz CT molecular complexity index is 893. The van der Waals surface area contributed by atoms with Crippen LogP contribution in [-0.4, -0.2) is 17.2 Å². The molecule has 0 saturated heterocycles. The average molecular weight is 351 g/mol. The number of thiocarbonyl (C=S) groups is 1. The molecule has 0 bridgehead atoms. The van der Waals surface area contributed by atoms with Gasteiger partial charge in [-0.3, -0.25) is 4.98 Å². The van der Waals surface area contributed by atoms with E-state index in [9.17, 15) is 0 Å². The lowest BCUT2D eigenvalue weighted by molar-refractivity contribution is 0.419. The van der Waals surface area contributed by atoms with Crippen molar-refractivity contribution in [3.63, 3.8) is 0 Å². The number of hydrogen-bond acceptors (Lipinski definition) is 3. The van der Waals surface area contributed by atoms with Crippen LogP contribution in [0.4, 0.5) is 5.69 Å². The van der Waals surface area contributed by atoms with Crippen molar-refractivity contribution in [3.05, 3.63) is 65.9 Å². The molecule has 3 aromatic rings. The molecule has 0 aliphatic heterocycles. The van der Waals surface area contributed by atoms with Crippen LogP contribution in [0.2, 0.25) is 0 Å². The number of hydrogen-bond donors (Lipinski definition) is 2. The van der Waals surface area contributed by atoms with E-state index in [1.54, 1.807) is 13.3 Å². The second-order valence-electron chi connectivity index (χ2n) is 5.95. The van der Waals surface area contributed by atoms with Crippen LogP contribution in [0.5, 0.6) is 5.75 Å². The van der Waals surface area contributed by atoms with Crippen molar-refractivity contribution in [2.45, 2.75) is 19.9 Å². The minimum Gasteiger partial charge on any atom is -0.494 e. The molecular weight excluding hydrogens is 330 g/mol. The van der Waals surface area contributed by atoms with E-state index >= 15 is 0 Å². The Morgan fingerprint density at radius 2 is 1.88 bits per heavy atom. The SMILES string of the molecule is COc1ccc(NC(=S)N[C@H](C)c2ccc(C)cc2)c2cccnc12. The van der Waals surface area contributed by atoms with Gasteiger partial charge < -0.3 is 15.4 Å². The number of pyridine rings is 1. The monoisotopic (exact) mass is 351 g/mol. The van der Waals surface area contributed by atoms with Crippen LogP contribution >= 0.6 is 12.2 Å². The predicted octanol–water partition coefficient (Wildman–Crippen LogP) is 4.60. The number of aryl methyl sites for hydroxylation is 1. The molecule has 0 fully saturated rings. The average Bonchev–Trinajstić information content (AvgIpc) is 2.62. The van der Waals surface area contributed by atoms with E-state index in [0.29, 0.717) is 5.11 Å². The van der Waals surface area contributed by atoms with Gasteiger partial charge in [0.05, 0.1) is 13.2 Å². The van der Waals surface area contributed by atoms with Crippen LogP contribution in [0.25, 0.3) is 10.9 Å². The Hall–Kier alpha value is -2.66. The number of anilines is 1. The van der Waals surface area contributed by atoms with Crippen molar-refractivity contribution >= 4 is 33.9 Å². The topological polar surface area (TPSA) is 46.2 Å². The zero-order valence-electron chi connectivity index (χ0n) is 14.5. The fourth-order valence-electron chi connectivity index (χ4n) is 2.71. The third-order valence-corrected chi connectivity index (χ3v) is 4.35. The number of nitrogens with one attached hydrogen (secondary N) is 2. The standard InChI is InChI=1S/C20H21N3OS/c1-13-6-8-15(9-7-13)14(2)22-20(25)23-17-10-11-18(24-3)19-16(17)5-4-12-21-19/h4-12,14H,1-3H3,(H2,22,23,25)/t14-/m1/s1. The van der Waals surface area contributed by atoms with Gasteiger partial charge in [-0.1, -0.05) is 29.8 Å². The normalized spacial score (nSPS) is 11.8. The van der Waals surface area contributed by atoms with Gasteiger partial charge in [-0.15, -0.1) is 0 Å². The Morgan fingerprint density at radius 3 is 2.60 bits per heavy atom. The lowest BCUT2D eigenvalue weighted by atomic mass is 10.1. The Kier molecular flexibility index (Phi) is 5.14. The molecule has 2 N–H and O–H groups in total. The molecule has 1 atom stereocenters. The third-order valence-electron chi connectivity index (χ3n) is 4.13. The van der Waals surface area contributed by atoms with E-state index in [0.717, 1.165) is 22.3 Å². The van der Waals surface area contributed by atoms with Gasteiger partial charge in [0.25, 0.3) is 0 Å². The molecule has 0 unspecified atom stereocenters. The van der Waals surface area contributed by atoms with Gasteiger partial charge in [-0.05, 0) is 55.9 Å². The minimum absolute atomic E-state index is 0.114. The minimum atomic E-state index is 0.114. The van der Waals surface area contributed by atoms with E-state index < -0.39 is 0 Å². The molecule has 1 heterocycles. The van der Waals surface area contributed by atoms with E-state index in [2.05, 4.69) is 53.7 Å². The summed E-state index contributed by atoms with van der Waals surface area (Å²) < 4.78 is 5.38. The first kappa shape index (κ1) is 17.2. The van der Waals surface area contributed by atoms with Crippen molar-refractivity contribution in [2.75, 3.05) is 12.4 Å². The summed E-state index contributed by atoms with van der Waals surface area (Å²) in [6.07, 6.45) is 1.75. The van der Waals surface area contributed by atoms with Crippen molar-refractivity contribution in [1.29, 1.82) is 0 Å². The summed E-state index contributed by atoms with van der Waals surface area (Å²) in [5.74, 6) is 0.744. The summed E-state index contributed by atoms with van der Waals surface area (Å²) in [7, 11) is 1.64. The van der Waals surface area contributed by atoms with E-state index in [4.69, 9.17) is 17.0 Å². The van der Waals surface area contributed by atoms with Crippen molar-refractivity contribution in [1.82, 2.24) is 10.3 Å². The van der Waals surface area contributed by atoms with E-state index in [-0.39, 0.29) is 6.04 Å². The highest BCUT2D eigenvalue weighted by Gasteiger charge is 2.10. The number of rotatable bonds is 4. The molecule has 0 aliphatic carbocycles. The number of methoxy groups -OCH3 is 1. The van der Waals surface area contributed by atoms with Crippen LogP contribution in [0, 0.1) is 6.92 Å². The van der Waals surface area contributed by atoms with Crippen molar-refractivity contribution < 1.29 is 4.74 Å². The number of ether oxygens (including phenoxy) is 1. The van der Waals surface area contributed by atoms with Gasteiger partial charge in [0.1, 0.15) is 11.3 Å². The lowest BCUT2D eigenvalue weighted by Gasteiger charge is -2.18. The van der Waals surface area contributed by atoms with Crippen LogP contribution in [-0.2, 0) is 0 Å². The molecule has 4 nitrogen and oxygen atoms in total. The highest BCUT2D eigenvalue weighted by atomic mass is 32.1. The van der Waals surface area contributed by atoms with E-state index in [1.165, 1.54) is 11.1 Å². The Labute approximate surface area is 153 Å². The zero-order valence-corrected chi connectivity index (χ0v) is 15.4. The molecule has 0 amide bonds. The molecule has 0 radical (unpaired) electrons. The molecule has 5 heteroatoms. The molecule has 1 aromatic heterocycles. The third kappa shape index (κ3) is 3.88. The maximum atomic E-state index is 5.49. The maximum absolute atomic E-state index is 5.49. The number of aromatic nitrogens is 1. The highest BCUT2D eigenvalue weighted by Crippen LogP contribution is 2.29. The molecule has 128 valence electrons. The lowest BCUT2D eigenvalue weighted by Crippen LogP contribution is -2.31. The number of benzene rings is 2. The molecule has 3 rings (SSSR count). The van der Waals surface area contributed by atoms with Gasteiger partial charge in [0, 0.05) is 17.3 Å². The van der Waals surface area contributed by atoms with Crippen molar-refractivity contribution in [2.24, 2.45) is 0 Å². The van der Waals surface area contributed by atoms with E-state index in [1.807, 2.05) is 24.3 Å². The van der Waals surface area contributed by atoms with Gasteiger partial charge >= 0.3 is 0 Å². The zero-order chi connectivity index (χ0) is 17.8. The summed E-state index contributed by atoms with van der Waals surface area (Å²) >= 11 is 5.49. The summed E-state index contributed by atoms with van der Waals surface area (Å²) in [5, 5.41) is 8.14. The van der Waals surface area contributed by atoms with Gasteiger partial charge in [0.15, 0.2) is 5.11 Å². The summed E-state index contributed by atoms with van der Waals surface area (Å²) in [5.41, 5.74) is 4.15.